The fourth-order valence-electron chi connectivity index (χ4n) is 5.07. The number of rotatable bonds is 6. The van der Waals surface area contributed by atoms with E-state index in [2.05, 4.69) is 44.5 Å². The molecule has 38 heavy (non-hydrogen) atoms. The zero-order valence-corrected chi connectivity index (χ0v) is 20.8. The molecule has 7 heteroatoms. The molecule has 0 bridgehead atoms. The number of likely N-dealkylation sites (tertiary alicyclic amines) is 1. The lowest BCUT2D eigenvalue weighted by Gasteiger charge is -2.17. The van der Waals surface area contributed by atoms with E-state index in [4.69, 9.17) is 4.98 Å². The van der Waals surface area contributed by atoms with Gasteiger partial charge in [0.05, 0.1) is 34.4 Å². The molecule has 1 amide bonds. The average Bonchev–Trinajstić information content (AvgIpc) is 3.43. The van der Waals surface area contributed by atoms with Crippen LogP contribution in [0.2, 0.25) is 0 Å². The van der Waals surface area contributed by atoms with E-state index in [1.807, 2.05) is 54.6 Å². The van der Waals surface area contributed by atoms with Gasteiger partial charge < -0.3 is 10.3 Å². The lowest BCUT2D eigenvalue weighted by Crippen LogP contribution is -2.27. The van der Waals surface area contributed by atoms with Crippen molar-refractivity contribution in [2.75, 3.05) is 18.4 Å². The van der Waals surface area contributed by atoms with E-state index >= 15 is 0 Å². The summed E-state index contributed by atoms with van der Waals surface area (Å²) in [6, 6.07) is 25.9. The van der Waals surface area contributed by atoms with Crippen molar-refractivity contribution in [2.45, 2.75) is 13.0 Å². The van der Waals surface area contributed by atoms with Crippen molar-refractivity contribution >= 4 is 22.5 Å². The van der Waals surface area contributed by atoms with Crippen molar-refractivity contribution in [2.24, 2.45) is 5.92 Å². The molecule has 3 aromatic heterocycles. The summed E-state index contributed by atoms with van der Waals surface area (Å²) in [6.07, 6.45) is 5.83. The van der Waals surface area contributed by atoms with Crippen LogP contribution in [0.4, 0.5) is 5.69 Å². The van der Waals surface area contributed by atoms with Crippen LogP contribution in [0.3, 0.4) is 0 Å². The molecular formula is C31H27N5O2. The second kappa shape index (κ2) is 10.4. The van der Waals surface area contributed by atoms with Gasteiger partial charge in [0.15, 0.2) is 0 Å². The number of H-pyrrole nitrogens is 1. The van der Waals surface area contributed by atoms with Crippen LogP contribution >= 0.6 is 0 Å². The Bertz CT molecular complexity index is 1630. The second-order valence-corrected chi connectivity index (χ2v) is 9.64. The summed E-state index contributed by atoms with van der Waals surface area (Å²) in [6.45, 7) is 2.39. The molecule has 188 valence electrons. The summed E-state index contributed by atoms with van der Waals surface area (Å²) in [7, 11) is 0. The van der Waals surface area contributed by atoms with Gasteiger partial charge in [0.25, 0.3) is 5.56 Å². The monoisotopic (exact) mass is 501 g/mol. The Kier molecular flexibility index (Phi) is 6.50. The summed E-state index contributed by atoms with van der Waals surface area (Å²) >= 11 is 0. The van der Waals surface area contributed by atoms with Gasteiger partial charge in [0.2, 0.25) is 5.91 Å². The first kappa shape index (κ1) is 23.8. The van der Waals surface area contributed by atoms with Gasteiger partial charge in [-0.05, 0) is 48.4 Å². The third-order valence-electron chi connectivity index (χ3n) is 7.04. The number of hydrogen-bond donors (Lipinski definition) is 2. The first-order valence-electron chi connectivity index (χ1n) is 12.7. The van der Waals surface area contributed by atoms with Crippen LogP contribution in [0.15, 0.2) is 102 Å². The van der Waals surface area contributed by atoms with Crippen LogP contribution < -0.4 is 10.9 Å². The minimum absolute atomic E-state index is 0.0344. The highest BCUT2D eigenvalue weighted by Gasteiger charge is 2.28. The molecule has 1 saturated heterocycles. The number of amides is 1. The maximum Gasteiger partial charge on any atom is 0.257 e. The molecule has 1 aliphatic rings. The molecule has 5 aromatic rings. The molecule has 0 radical (unpaired) electrons. The fraction of sp³-hybridized carbons (Fsp3) is 0.161. The number of nitrogens with one attached hydrogen (secondary N) is 2. The molecule has 0 aliphatic carbocycles. The topological polar surface area (TPSA) is 91.0 Å². The first-order valence-corrected chi connectivity index (χ1v) is 12.7. The molecule has 2 N–H and O–H groups in total. The van der Waals surface area contributed by atoms with E-state index < -0.39 is 0 Å². The number of anilines is 1. The zero-order valence-electron chi connectivity index (χ0n) is 20.8. The van der Waals surface area contributed by atoms with E-state index in [0.29, 0.717) is 10.9 Å². The van der Waals surface area contributed by atoms with Crippen LogP contribution in [0, 0.1) is 5.92 Å². The highest BCUT2D eigenvalue weighted by Crippen LogP contribution is 2.33. The Hall–Kier alpha value is -4.62. The number of hydrogen-bond acceptors (Lipinski definition) is 5. The fourth-order valence-corrected chi connectivity index (χ4v) is 5.07. The van der Waals surface area contributed by atoms with E-state index in [9.17, 15) is 9.59 Å². The standard InChI is InChI=1S/C31H27N5O2/c37-30(34-25-7-4-14-32-18-25)24-13-16-36(20-24)19-21-8-10-23(11-9-21)29-26(22-5-2-1-3-6-22)17-27-28(35-29)12-15-33-31(27)38/h1-12,14-15,17-18,24H,13,16,19-20H2,(H,33,38)(H,34,37)/t24-/m1/s1. The minimum atomic E-state index is -0.146. The molecule has 1 fully saturated rings. The predicted molar refractivity (Wildman–Crippen MR) is 149 cm³/mol. The van der Waals surface area contributed by atoms with Gasteiger partial charge in [-0.15, -0.1) is 0 Å². The number of fused-ring (bicyclic) bond motifs is 1. The number of carbonyl (C=O) groups is 1. The summed E-state index contributed by atoms with van der Waals surface area (Å²) in [5.41, 5.74) is 6.20. The maximum atomic E-state index is 12.7. The Morgan fingerprint density at radius 2 is 1.84 bits per heavy atom. The smallest absolute Gasteiger partial charge is 0.257 e. The molecule has 0 unspecified atom stereocenters. The number of pyridine rings is 3. The second-order valence-electron chi connectivity index (χ2n) is 9.64. The van der Waals surface area contributed by atoms with E-state index in [-0.39, 0.29) is 17.4 Å². The van der Waals surface area contributed by atoms with E-state index in [1.54, 1.807) is 18.6 Å². The quantitative estimate of drug-likeness (QED) is 0.337. The van der Waals surface area contributed by atoms with Crippen LogP contribution in [-0.2, 0) is 11.3 Å². The third kappa shape index (κ3) is 4.96. The van der Waals surface area contributed by atoms with Crippen LogP contribution in [-0.4, -0.2) is 38.8 Å². The van der Waals surface area contributed by atoms with Gasteiger partial charge in [-0.1, -0.05) is 54.6 Å². The van der Waals surface area contributed by atoms with Crippen molar-refractivity contribution < 1.29 is 4.79 Å². The summed E-state index contributed by atoms with van der Waals surface area (Å²) in [5.74, 6) is 0.0124. The third-order valence-corrected chi connectivity index (χ3v) is 7.04. The number of aromatic nitrogens is 3. The van der Waals surface area contributed by atoms with E-state index in [1.165, 1.54) is 5.56 Å². The molecule has 0 saturated carbocycles. The number of aromatic amines is 1. The van der Waals surface area contributed by atoms with Crippen LogP contribution in [0.25, 0.3) is 33.3 Å². The summed E-state index contributed by atoms with van der Waals surface area (Å²) in [4.78, 5) is 39.2. The van der Waals surface area contributed by atoms with Crippen molar-refractivity contribution in [3.05, 3.63) is 113 Å². The Morgan fingerprint density at radius 3 is 2.63 bits per heavy atom. The molecule has 1 atom stereocenters. The van der Waals surface area contributed by atoms with Crippen molar-refractivity contribution in [3.8, 4) is 22.4 Å². The SMILES string of the molecule is O=C(Nc1cccnc1)[C@@H]1CCN(Cc2ccc(-c3nc4cc[nH]c(=O)c4cc3-c3ccccc3)cc2)C1. The average molecular weight is 502 g/mol. The van der Waals surface area contributed by atoms with Gasteiger partial charge in [-0.2, -0.15) is 0 Å². The maximum absolute atomic E-state index is 12.7. The van der Waals surface area contributed by atoms with Gasteiger partial charge in [-0.25, -0.2) is 4.98 Å². The van der Waals surface area contributed by atoms with Crippen molar-refractivity contribution in [1.82, 2.24) is 19.9 Å². The predicted octanol–water partition coefficient (Wildman–Crippen LogP) is 5.11. The minimum Gasteiger partial charge on any atom is -0.328 e. The molecule has 4 heterocycles. The lowest BCUT2D eigenvalue weighted by molar-refractivity contribution is -0.119. The molecular weight excluding hydrogens is 474 g/mol. The van der Waals surface area contributed by atoms with Gasteiger partial charge in [-0.3, -0.25) is 19.5 Å². The van der Waals surface area contributed by atoms with Gasteiger partial charge >= 0.3 is 0 Å². The molecule has 6 rings (SSSR count). The van der Waals surface area contributed by atoms with E-state index in [0.717, 1.165) is 54.1 Å². The highest BCUT2D eigenvalue weighted by molar-refractivity contribution is 5.93. The zero-order chi connectivity index (χ0) is 25.9. The van der Waals surface area contributed by atoms with Gasteiger partial charge in [0, 0.05) is 36.6 Å². The first-order chi connectivity index (χ1) is 18.6. The highest BCUT2D eigenvalue weighted by atomic mass is 16.2. The van der Waals surface area contributed by atoms with Gasteiger partial charge in [0.1, 0.15) is 0 Å². The number of carbonyl (C=O) groups excluding carboxylic acids is 1. The van der Waals surface area contributed by atoms with Crippen LogP contribution in [0.1, 0.15) is 12.0 Å². The molecule has 0 spiro atoms. The molecule has 1 aliphatic heterocycles. The van der Waals surface area contributed by atoms with Crippen molar-refractivity contribution in [1.29, 1.82) is 0 Å². The Labute approximate surface area is 220 Å². The number of nitrogens with zero attached hydrogens (tertiary/aromatic N) is 3. The normalized spacial score (nSPS) is 15.5. The molecule has 7 nitrogen and oxygen atoms in total. The van der Waals surface area contributed by atoms with Crippen molar-refractivity contribution in [3.63, 3.8) is 0 Å². The number of benzene rings is 2. The summed E-state index contributed by atoms with van der Waals surface area (Å²) in [5, 5.41) is 3.54. The van der Waals surface area contributed by atoms with Crippen LogP contribution in [0.5, 0.6) is 0 Å². The summed E-state index contributed by atoms with van der Waals surface area (Å²) < 4.78 is 0. The molecule has 2 aromatic carbocycles. The Morgan fingerprint density at radius 1 is 1.00 bits per heavy atom. The lowest BCUT2D eigenvalue weighted by atomic mass is 9.97. The largest absolute Gasteiger partial charge is 0.328 e. The Balaban J connectivity index is 1.21.